The number of fused-ring (bicyclic) bond motifs is 2. The molecule has 7 heteroatoms. The van der Waals surface area contributed by atoms with E-state index < -0.39 is 26.4 Å². The second-order valence-corrected chi connectivity index (χ2v) is 6.75. The molecule has 23 heavy (non-hydrogen) atoms. The average Bonchev–Trinajstić information content (AvgIpc) is 2.92. The van der Waals surface area contributed by atoms with Crippen LogP contribution in [0.15, 0.2) is 24.3 Å². The summed E-state index contributed by atoms with van der Waals surface area (Å²) in [5.74, 6) is -0.893. The predicted molar refractivity (Wildman–Crippen MR) is 85.9 cm³/mol. The number of aromatic nitrogens is 2. The molecule has 2 aromatic heterocycles. The van der Waals surface area contributed by atoms with E-state index in [-0.39, 0.29) is 13.2 Å². The van der Waals surface area contributed by atoms with Gasteiger partial charge in [0.05, 0.1) is 0 Å². The third-order valence-electron chi connectivity index (χ3n) is 3.13. The number of carbonyl (C=O) groups is 2. The van der Waals surface area contributed by atoms with Gasteiger partial charge in [0.25, 0.3) is 0 Å². The number of esters is 2. The summed E-state index contributed by atoms with van der Waals surface area (Å²) in [5, 5.41) is 0. The Hall–Kier alpha value is -2.24. The van der Waals surface area contributed by atoms with Crippen molar-refractivity contribution >= 4 is 48.5 Å². The van der Waals surface area contributed by atoms with Crippen LogP contribution in [-0.4, -0.2) is 49.6 Å². The zero-order chi connectivity index (χ0) is 16.4. The van der Waals surface area contributed by atoms with Gasteiger partial charge in [0.15, 0.2) is 0 Å². The second-order valence-electron chi connectivity index (χ2n) is 4.61. The monoisotopic (exact) mass is 378 g/mol. The molecule has 0 radical (unpaired) electrons. The van der Waals surface area contributed by atoms with Crippen molar-refractivity contribution in [2.24, 2.45) is 0 Å². The summed E-state index contributed by atoms with van der Waals surface area (Å²) in [6.45, 7) is 4.01. The van der Waals surface area contributed by atoms with Crippen LogP contribution in [0.5, 0.6) is 0 Å². The first-order valence-corrected chi connectivity index (χ1v) is 8.90. The molecule has 0 saturated heterocycles. The van der Waals surface area contributed by atoms with Crippen LogP contribution < -0.4 is 0 Å². The first-order valence-electron chi connectivity index (χ1n) is 7.19. The molecule has 118 valence electrons. The Bertz CT molecular complexity index is 832. The molecule has 6 nitrogen and oxygen atoms in total. The predicted octanol–water partition coefficient (Wildman–Crippen LogP) is 2.19. The van der Waals surface area contributed by atoms with E-state index in [1.165, 1.54) is 0 Å². The first kappa shape index (κ1) is 15.6. The number of nitrogens with zero attached hydrogens (tertiary/aromatic N) is 2. The Morgan fingerprint density at radius 1 is 0.913 bits per heavy atom. The van der Waals surface area contributed by atoms with Gasteiger partial charge in [-0.2, -0.15) is 0 Å². The van der Waals surface area contributed by atoms with Crippen LogP contribution in [-0.2, 0) is 9.47 Å². The van der Waals surface area contributed by atoms with Gasteiger partial charge < -0.3 is 0 Å². The van der Waals surface area contributed by atoms with Crippen molar-refractivity contribution in [3.63, 3.8) is 0 Å². The van der Waals surface area contributed by atoms with Crippen molar-refractivity contribution < 1.29 is 19.1 Å². The molecule has 3 aromatic rings. The number of carbonyl (C=O) groups excluding carboxylic acids is 2. The minimum absolute atomic E-state index is 0.267. The third-order valence-corrected chi connectivity index (χ3v) is 5.49. The van der Waals surface area contributed by atoms with E-state index in [2.05, 4.69) is 9.97 Å². The Morgan fingerprint density at radius 3 is 1.74 bits per heavy atom. The summed E-state index contributed by atoms with van der Waals surface area (Å²) in [7, 11) is 0. The van der Waals surface area contributed by atoms with Crippen molar-refractivity contribution in [2.75, 3.05) is 13.2 Å². The summed E-state index contributed by atoms with van der Waals surface area (Å²) in [6.07, 6.45) is 0. The summed E-state index contributed by atoms with van der Waals surface area (Å²) in [4.78, 5) is 33.4. The van der Waals surface area contributed by atoms with Crippen LogP contribution >= 0.6 is 0 Å². The van der Waals surface area contributed by atoms with Crippen LogP contribution in [0.2, 0.25) is 0 Å². The normalized spacial score (nSPS) is 10.9. The quantitative estimate of drug-likeness (QED) is 0.512. The van der Waals surface area contributed by atoms with E-state index in [9.17, 15) is 9.59 Å². The first-order chi connectivity index (χ1) is 11.2. The fraction of sp³-hybridized carbons (Fsp3) is 0.250. The van der Waals surface area contributed by atoms with Crippen molar-refractivity contribution in [1.29, 1.82) is 0 Å². The molecule has 0 unspecified atom stereocenters. The van der Waals surface area contributed by atoms with Gasteiger partial charge in [0.2, 0.25) is 0 Å². The summed E-state index contributed by atoms with van der Waals surface area (Å²) in [5.41, 5.74) is 2.22. The number of para-hydroxylation sites is 2. The van der Waals surface area contributed by atoms with Crippen LogP contribution in [0.3, 0.4) is 0 Å². The Labute approximate surface area is 138 Å². The van der Waals surface area contributed by atoms with Crippen LogP contribution in [0, 0.1) is 0 Å². The van der Waals surface area contributed by atoms with Crippen LogP contribution in [0.25, 0.3) is 22.1 Å². The molecule has 0 aliphatic rings. The van der Waals surface area contributed by atoms with Gasteiger partial charge >= 0.3 is 138 Å². The van der Waals surface area contributed by atoms with Gasteiger partial charge in [-0.15, -0.1) is 0 Å². The van der Waals surface area contributed by atoms with E-state index in [0.717, 1.165) is 0 Å². The molecule has 0 atom stereocenters. The average molecular weight is 377 g/mol. The molecule has 1 aromatic carbocycles. The molecular formula is C16H14N2O4Se. The van der Waals surface area contributed by atoms with Gasteiger partial charge in [0, 0.05) is 0 Å². The Balaban J connectivity index is 2.28. The number of benzene rings is 1. The number of hydrogen-bond donors (Lipinski definition) is 0. The fourth-order valence-electron chi connectivity index (χ4n) is 2.19. The molecule has 3 rings (SSSR count). The molecular weight excluding hydrogens is 363 g/mol. The van der Waals surface area contributed by atoms with Crippen molar-refractivity contribution in [2.45, 2.75) is 13.8 Å². The summed E-state index contributed by atoms with van der Waals surface area (Å²) in [6, 6.07) is 7.34. The molecule has 0 saturated carbocycles. The molecule has 0 aliphatic heterocycles. The van der Waals surface area contributed by atoms with E-state index in [1.807, 2.05) is 24.3 Å². The molecule has 0 spiro atoms. The molecule has 0 fully saturated rings. The second kappa shape index (κ2) is 6.48. The third kappa shape index (κ3) is 2.85. The van der Waals surface area contributed by atoms with Crippen LogP contribution in [0.4, 0.5) is 0 Å². The number of ether oxygens (including phenoxy) is 2. The Kier molecular flexibility index (Phi) is 4.41. The topological polar surface area (TPSA) is 78.4 Å². The van der Waals surface area contributed by atoms with Gasteiger partial charge in [-0.05, 0) is 0 Å². The van der Waals surface area contributed by atoms with E-state index in [1.54, 1.807) is 13.8 Å². The minimum atomic E-state index is -0.530. The molecule has 0 amide bonds. The van der Waals surface area contributed by atoms with Gasteiger partial charge in [-0.25, -0.2) is 0 Å². The van der Waals surface area contributed by atoms with E-state index in [0.29, 0.717) is 30.9 Å². The molecule has 0 aliphatic carbocycles. The fourth-order valence-corrected chi connectivity index (χ4v) is 4.21. The maximum absolute atomic E-state index is 12.2. The standard InChI is InChI=1S/C16H14N2O4Se/c1-3-21-15(19)13-11-12(14(23-13)16(20)22-4-2)18-10-8-6-5-7-9(10)17-11/h5-8H,3-4H2,1-2H3. The van der Waals surface area contributed by atoms with Crippen molar-refractivity contribution in [1.82, 2.24) is 9.97 Å². The van der Waals surface area contributed by atoms with Crippen LogP contribution in [0.1, 0.15) is 32.3 Å². The number of rotatable bonds is 4. The SMILES string of the molecule is CCOC(=O)c1[se]c(C(=O)OCC)c2nc3ccccc3nc12. The summed E-state index contributed by atoms with van der Waals surface area (Å²) < 4.78 is 11.0. The number of hydrogen-bond acceptors (Lipinski definition) is 6. The van der Waals surface area contributed by atoms with Gasteiger partial charge in [-0.1, -0.05) is 0 Å². The van der Waals surface area contributed by atoms with E-state index >= 15 is 0 Å². The van der Waals surface area contributed by atoms with Gasteiger partial charge in [-0.3, -0.25) is 0 Å². The maximum atomic E-state index is 12.2. The Morgan fingerprint density at radius 2 is 1.35 bits per heavy atom. The van der Waals surface area contributed by atoms with Crippen molar-refractivity contribution in [3.8, 4) is 0 Å². The zero-order valence-electron chi connectivity index (χ0n) is 12.7. The summed E-state index contributed by atoms with van der Waals surface area (Å²) >= 11 is -0.530. The zero-order valence-corrected chi connectivity index (χ0v) is 14.4. The van der Waals surface area contributed by atoms with Gasteiger partial charge in [0.1, 0.15) is 0 Å². The molecule has 0 N–H and O–H groups in total. The van der Waals surface area contributed by atoms with Crippen molar-refractivity contribution in [3.05, 3.63) is 33.1 Å². The molecule has 2 heterocycles. The van der Waals surface area contributed by atoms with E-state index in [4.69, 9.17) is 9.47 Å². The molecule has 0 bridgehead atoms.